The first-order chi connectivity index (χ1) is 10.1. The SMILES string of the molecule is CCOC(=O)C1=C(C)NC(=S)N[C@@H]1c1ccc(CC)cc1. The molecule has 0 saturated heterocycles. The van der Waals surface area contributed by atoms with Crippen molar-refractivity contribution in [1.82, 2.24) is 10.6 Å². The molecule has 0 spiro atoms. The largest absolute Gasteiger partial charge is 0.463 e. The smallest absolute Gasteiger partial charge is 0.338 e. The highest BCUT2D eigenvalue weighted by molar-refractivity contribution is 7.80. The van der Waals surface area contributed by atoms with Crippen LogP contribution >= 0.6 is 12.2 Å². The fraction of sp³-hybridized carbons (Fsp3) is 0.375. The minimum atomic E-state index is -0.318. The zero-order chi connectivity index (χ0) is 15.4. The van der Waals surface area contributed by atoms with Gasteiger partial charge < -0.3 is 15.4 Å². The van der Waals surface area contributed by atoms with Gasteiger partial charge in [0, 0.05) is 5.70 Å². The molecule has 1 atom stereocenters. The molecule has 0 aliphatic carbocycles. The lowest BCUT2D eigenvalue weighted by atomic mass is 9.94. The summed E-state index contributed by atoms with van der Waals surface area (Å²) in [6.07, 6.45) is 0.984. The fourth-order valence-electron chi connectivity index (χ4n) is 2.37. The summed E-state index contributed by atoms with van der Waals surface area (Å²) in [6, 6.07) is 7.91. The number of nitrogens with one attached hydrogen (secondary N) is 2. The highest BCUT2D eigenvalue weighted by Crippen LogP contribution is 2.27. The number of thiocarbonyl (C=S) groups is 1. The monoisotopic (exact) mass is 304 g/mol. The van der Waals surface area contributed by atoms with Crippen molar-refractivity contribution in [3.05, 3.63) is 46.7 Å². The number of ether oxygens (including phenoxy) is 1. The van der Waals surface area contributed by atoms with Crippen LogP contribution in [0.3, 0.4) is 0 Å². The predicted molar refractivity (Wildman–Crippen MR) is 86.8 cm³/mol. The van der Waals surface area contributed by atoms with E-state index in [4.69, 9.17) is 17.0 Å². The third kappa shape index (κ3) is 3.42. The van der Waals surface area contributed by atoms with Gasteiger partial charge >= 0.3 is 5.97 Å². The molecular weight excluding hydrogens is 284 g/mol. The van der Waals surface area contributed by atoms with Crippen LogP contribution in [0.5, 0.6) is 0 Å². The number of aryl methyl sites for hydroxylation is 1. The molecule has 1 aromatic rings. The average Bonchev–Trinajstić information content (AvgIpc) is 2.46. The van der Waals surface area contributed by atoms with Gasteiger partial charge in [-0.2, -0.15) is 0 Å². The third-order valence-corrected chi connectivity index (χ3v) is 3.71. The molecular formula is C16H20N2O2S. The van der Waals surface area contributed by atoms with Gasteiger partial charge in [0.25, 0.3) is 0 Å². The molecule has 4 nitrogen and oxygen atoms in total. The van der Waals surface area contributed by atoms with Crippen LogP contribution in [0.2, 0.25) is 0 Å². The molecule has 0 aromatic heterocycles. The van der Waals surface area contributed by atoms with Crippen molar-refractivity contribution in [1.29, 1.82) is 0 Å². The molecule has 1 aliphatic heterocycles. The van der Waals surface area contributed by atoms with Gasteiger partial charge in [-0.15, -0.1) is 0 Å². The first-order valence-electron chi connectivity index (χ1n) is 7.11. The topological polar surface area (TPSA) is 50.4 Å². The molecule has 0 fully saturated rings. The Hall–Kier alpha value is -1.88. The van der Waals surface area contributed by atoms with Gasteiger partial charge in [0.05, 0.1) is 18.2 Å². The minimum Gasteiger partial charge on any atom is -0.463 e. The number of benzene rings is 1. The number of rotatable bonds is 4. The summed E-state index contributed by atoms with van der Waals surface area (Å²) in [5.74, 6) is -0.318. The fourth-order valence-corrected chi connectivity index (χ4v) is 2.64. The highest BCUT2D eigenvalue weighted by Gasteiger charge is 2.30. The summed E-state index contributed by atoms with van der Waals surface area (Å²) in [4.78, 5) is 12.2. The maximum absolute atomic E-state index is 12.2. The third-order valence-electron chi connectivity index (χ3n) is 3.49. The first kappa shape index (κ1) is 15.5. The van der Waals surface area contributed by atoms with Gasteiger partial charge in [-0.1, -0.05) is 31.2 Å². The molecule has 2 N–H and O–H groups in total. The molecule has 0 bridgehead atoms. The van der Waals surface area contributed by atoms with Gasteiger partial charge in [0.2, 0.25) is 0 Å². The molecule has 1 heterocycles. The molecule has 5 heteroatoms. The lowest BCUT2D eigenvalue weighted by Gasteiger charge is -2.29. The number of hydrogen-bond donors (Lipinski definition) is 2. The molecule has 112 valence electrons. The van der Waals surface area contributed by atoms with Crippen molar-refractivity contribution in [2.24, 2.45) is 0 Å². The van der Waals surface area contributed by atoms with Gasteiger partial charge in [-0.3, -0.25) is 0 Å². The van der Waals surface area contributed by atoms with Crippen LogP contribution in [-0.2, 0) is 16.0 Å². The van der Waals surface area contributed by atoms with E-state index in [-0.39, 0.29) is 12.0 Å². The number of esters is 1. The van der Waals surface area contributed by atoms with Crippen molar-refractivity contribution in [3.63, 3.8) is 0 Å². The molecule has 0 saturated carbocycles. The molecule has 2 rings (SSSR count). The standard InChI is InChI=1S/C16H20N2O2S/c1-4-11-6-8-12(9-7-11)14-13(15(19)20-5-2)10(3)17-16(21)18-14/h6-9,14H,4-5H2,1-3H3,(H2,17,18,21)/t14-/m1/s1. The van der Waals surface area contributed by atoms with E-state index in [1.54, 1.807) is 6.92 Å². The summed E-state index contributed by atoms with van der Waals surface area (Å²) in [5.41, 5.74) is 3.57. The van der Waals surface area contributed by atoms with Gasteiger partial charge in [-0.25, -0.2) is 4.79 Å². The van der Waals surface area contributed by atoms with Crippen molar-refractivity contribution < 1.29 is 9.53 Å². The maximum Gasteiger partial charge on any atom is 0.338 e. The molecule has 0 radical (unpaired) electrons. The Morgan fingerprint density at radius 1 is 1.29 bits per heavy atom. The summed E-state index contributed by atoms with van der Waals surface area (Å²) in [6.45, 7) is 6.10. The summed E-state index contributed by atoms with van der Waals surface area (Å²) >= 11 is 5.20. The highest BCUT2D eigenvalue weighted by atomic mass is 32.1. The number of allylic oxidation sites excluding steroid dienone is 1. The summed E-state index contributed by atoms with van der Waals surface area (Å²) < 4.78 is 5.16. The van der Waals surface area contributed by atoms with Crippen LogP contribution < -0.4 is 10.6 Å². The Morgan fingerprint density at radius 3 is 2.52 bits per heavy atom. The Bertz CT molecular complexity index is 578. The number of carbonyl (C=O) groups excluding carboxylic acids is 1. The van der Waals surface area contributed by atoms with Crippen molar-refractivity contribution in [2.45, 2.75) is 33.2 Å². The van der Waals surface area contributed by atoms with E-state index in [0.717, 1.165) is 17.7 Å². The lowest BCUT2D eigenvalue weighted by Crippen LogP contribution is -2.45. The quantitative estimate of drug-likeness (QED) is 0.661. The van der Waals surface area contributed by atoms with E-state index >= 15 is 0 Å². The van der Waals surface area contributed by atoms with Crippen molar-refractivity contribution >= 4 is 23.3 Å². The minimum absolute atomic E-state index is 0.274. The summed E-state index contributed by atoms with van der Waals surface area (Å²) in [5, 5.41) is 6.66. The Kier molecular flexibility index (Phi) is 4.96. The van der Waals surface area contributed by atoms with Crippen LogP contribution in [-0.4, -0.2) is 17.7 Å². The Morgan fingerprint density at radius 2 is 1.95 bits per heavy atom. The van der Waals surface area contributed by atoms with Gasteiger partial charge in [0.1, 0.15) is 0 Å². The van der Waals surface area contributed by atoms with Crippen LogP contribution in [0.15, 0.2) is 35.5 Å². The van der Waals surface area contributed by atoms with Gasteiger partial charge in [-0.05, 0) is 43.6 Å². The van der Waals surface area contributed by atoms with Crippen LogP contribution in [0.1, 0.15) is 37.9 Å². The van der Waals surface area contributed by atoms with E-state index in [2.05, 4.69) is 29.7 Å². The summed E-state index contributed by atoms with van der Waals surface area (Å²) in [7, 11) is 0. The molecule has 0 unspecified atom stereocenters. The van der Waals surface area contributed by atoms with E-state index in [1.165, 1.54) is 5.56 Å². The second-order valence-corrected chi connectivity index (χ2v) is 5.29. The van der Waals surface area contributed by atoms with E-state index in [0.29, 0.717) is 17.3 Å². The molecule has 1 aliphatic rings. The second-order valence-electron chi connectivity index (χ2n) is 4.89. The molecule has 21 heavy (non-hydrogen) atoms. The zero-order valence-electron chi connectivity index (χ0n) is 12.5. The lowest BCUT2D eigenvalue weighted by molar-refractivity contribution is -0.139. The Labute approximate surface area is 130 Å². The number of hydrogen-bond acceptors (Lipinski definition) is 3. The Balaban J connectivity index is 2.39. The van der Waals surface area contributed by atoms with Gasteiger partial charge in [0.15, 0.2) is 5.11 Å². The number of carbonyl (C=O) groups is 1. The van der Waals surface area contributed by atoms with E-state index < -0.39 is 0 Å². The maximum atomic E-state index is 12.2. The van der Waals surface area contributed by atoms with Crippen molar-refractivity contribution in [2.75, 3.05) is 6.61 Å². The molecule has 1 aromatic carbocycles. The zero-order valence-corrected chi connectivity index (χ0v) is 13.3. The normalized spacial score (nSPS) is 18.0. The van der Waals surface area contributed by atoms with E-state index in [1.807, 2.05) is 19.1 Å². The van der Waals surface area contributed by atoms with E-state index in [9.17, 15) is 4.79 Å². The average molecular weight is 304 g/mol. The van der Waals surface area contributed by atoms with Crippen LogP contribution in [0, 0.1) is 0 Å². The van der Waals surface area contributed by atoms with Crippen molar-refractivity contribution in [3.8, 4) is 0 Å². The predicted octanol–water partition coefficient (Wildman–Crippen LogP) is 2.60. The van der Waals surface area contributed by atoms with Crippen LogP contribution in [0.4, 0.5) is 0 Å². The second kappa shape index (κ2) is 6.72. The van der Waals surface area contributed by atoms with Crippen LogP contribution in [0.25, 0.3) is 0 Å². The first-order valence-corrected chi connectivity index (χ1v) is 7.51. The molecule has 0 amide bonds.